The van der Waals surface area contributed by atoms with Crippen molar-refractivity contribution in [2.75, 3.05) is 12.3 Å². The minimum Gasteiger partial charge on any atom is -0.431 e. The van der Waals surface area contributed by atoms with Gasteiger partial charge in [-0.25, -0.2) is 14.6 Å². The molecule has 1 amide bonds. The van der Waals surface area contributed by atoms with Crippen LogP contribution < -0.4 is 10.9 Å². The highest BCUT2D eigenvalue weighted by Gasteiger charge is 2.12. The molecule has 3 aromatic heterocycles. The van der Waals surface area contributed by atoms with Gasteiger partial charge in [-0.3, -0.25) is 14.2 Å². The molecule has 34 heavy (non-hydrogen) atoms. The molecule has 0 spiro atoms. The Balaban J connectivity index is 1.17. The molecule has 10 heteroatoms. The Bertz CT molecular complexity index is 1490. The van der Waals surface area contributed by atoms with Gasteiger partial charge in [0.25, 0.3) is 10.8 Å². The fraction of sp³-hybridized carbons (Fsp3) is 0.208. The molecule has 1 N–H and O–H groups in total. The summed E-state index contributed by atoms with van der Waals surface area (Å²) in [6, 6.07) is 15.5. The van der Waals surface area contributed by atoms with Gasteiger partial charge in [-0.1, -0.05) is 53.7 Å². The van der Waals surface area contributed by atoms with E-state index in [4.69, 9.17) is 4.42 Å². The molecule has 0 saturated carbocycles. The molecule has 0 aliphatic rings. The Morgan fingerprint density at radius 2 is 1.97 bits per heavy atom. The van der Waals surface area contributed by atoms with Gasteiger partial charge in [-0.15, -0.1) is 0 Å². The number of amides is 1. The predicted octanol–water partition coefficient (Wildman–Crippen LogP) is 3.00. The number of benzene rings is 2. The topological polar surface area (TPSA) is 108 Å². The van der Waals surface area contributed by atoms with Crippen LogP contribution in [0.25, 0.3) is 22.1 Å². The van der Waals surface area contributed by atoms with Gasteiger partial charge >= 0.3 is 0 Å². The number of carbonyl (C=O) groups is 1. The first-order valence-corrected chi connectivity index (χ1v) is 11.8. The monoisotopic (exact) mass is 474 g/mol. The Labute approximate surface area is 198 Å². The molecule has 9 nitrogen and oxygen atoms in total. The molecule has 0 atom stereocenters. The van der Waals surface area contributed by atoms with Crippen molar-refractivity contribution < 1.29 is 9.21 Å². The highest BCUT2D eigenvalue weighted by molar-refractivity contribution is 7.99. The van der Waals surface area contributed by atoms with Gasteiger partial charge in [0.15, 0.2) is 11.2 Å². The largest absolute Gasteiger partial charge is 0.431 e. The Morgan fingerprint density at radius 1 is 1.15 bits per heavy atom. The van der Waals surface area contributed by atoms with Crippen molar-refractivity contribution in [2.45, 2.75) is 25.2 Å². The zero-order valence-corrected chi connectivity index (χ0v) is 19.3. The molecule has 0 aliphatic heterocycles. The van der Waals surface area contributed by atoms with Crippen LogP contribution >= 0.6 is 11.8 Å². The second kappa shape index (κ2) is 9.52. The molecule has 172 valence electrons. The van der Waals surface area contributed by atoms with Crippen molar-refractivity contribution in [3.63, 3.8) is 0 Å². The summed E-state index contributed by atoms with van der Waals surface area (Å²) in [5, 5.41) is 8.05. The van der Waals surface area contributed by atoms with Crippen molar-refractivity contribution in [2.24, 2.45) is 0 Å². The first kappa shape index (κ1) is 21.9. The van der Waals surface area contributed by atoms with E-state index in [-0.39, 0.29) is 17.2 Å². The lowest BCUT2D eigenvalue weighted by atomic mass is 10.1. The van der Waals surface area contributed by atoms with E-state index >= 15 is 0 Å². The van der Waals surface area contributed by atoms with Crippen LogP contribution in [0.2, 0.25) is 0 Å². The van der Waals surface area contributed by atoms with Crippen LogP contribution in [0.15, 0.2) is 75.5 Å². The summed E-state index contributed by atoms with van der Waals surface area (Å²) < 4.78 is 8.81. The summed E-state index contributed by atoms with van der Waals surface area (Å²) in [6.45, 7) is 3.23. The minimum atomic E-state index is -0.143. The summed E-state index contributed by atoms with van der Waals surface area (Å²) in [5.74, 6) is 0.0476. The van der Waals surface area contributed by atoms with E-state index in [1.807, 2.05) is 55.5 Å². The average Bonchev–Trinajstić information content (AvgIpc) is 3.45. The zero-order chi connectivity index (χ0) is 23.5. The molecule has 0 saturated heterocycles. The summed E-state index contributed by atoms with van der Waals surface area (Å²) in [5.41, 5.74) is 4.01. The molecule has 0 fully saturated rings. The highest BCUT2D eigenvalue weighted by Crippen LogP contribution is 2.22. The molecule has 0 aliphatic carbocycles. The number of nitrogens with zero attached hydrogens (tertiary/aromatic N) is 5. The van der Waals surface area contributed by atoms with Crippen LogP contribution in [0.3, 0.4) is 0 Å². The molecule has 5 rings (SSSR count). The SMILES string of the molecule is Cc1ccc(Cn2cnc3c(cnn3CCNC(=O)CSc3nc4ccccc4o3)c2=O)cc1. The van der Waals surface area contributed by atoms with Gasteiger partial charge in [0.2, 0.25) is 5.91 Å². The van der Waals surface area contributed by atoms with Crippen molar-refractivity contribution >= 4 is 39.8 Å². The van der Waals surface area contributed by atoms with Crippen molar-refractivity contribution in [1.29, 1.82) is 0 Å². The van der Waals surface area contributed by atoms with E-state index in [0.29, 0.717) is 41.5 Å². The predicted molar refractivity (Wildman–Crippen MR) is 130 cm³/mol. The number of para-hydroxylation sites is 2. The van der Waals surface area contributed by atoms with Crippen LogP contribution in [0.4, 0.5) is 0 Å². The summed E-state index contributed by atoms with van der Waals surface area (Å²) in [7, 11) is 0. The molecular weight excluding hydrogens is 452 g/mol. The van der Waals surface area contributed by atoms with Gasteiger partial charge in [0.05, 0.1) is 25.0 Å². The lowest BCUT2D eigenvalue weighted by molar-refractivity contribution is -0.118. The summed E-state index contributed by atoms with van der Waals surface area (Å²) >= 11 is 1.24. The second-order valence-electron chi connectivity index (χ2n) is 7.85. The van der Waals surface area contributed by atoms with Gasteiger partial charge in [-0.2, -0.15) is 5.10 Å². The van der Waals surface area contributed by atoms with Gasteiger partial charge in [0, 0.05) is 6.54 Å². The molecule has 5 aromatic rings. The Kier molecular flexibility index (Phi) is 6.13. The number of fused-ring (bicyclic) bond motifs is 2. The number of aryl methyl sites for hydroxylation is 1. The third kappa shape index (κ3) is 4.72. The van der Waals surface area contributed by atoms with E-state index in [1.165, 1.54) is 29.8 Å². The van der Waals surface area contributed by atoms with Crippen molar-refractivity contribution in [3.8, 4) is 0 Å². The standard InChI is InChI=1S/C24H22N6O3S/c1-16-6-8-17(9-7-16)13-29-15-26-22-18(23(29)32)12-27-30(22)11-10-25-21(31)14-34-24-28-19-4-2-3-5-20(19)33-24/h2-9,12,15H,10-11,13-14H2,1H3,(H,25,31). The lowest BCUT2D eigenvalue weighted by Crippen LogP contribution is -2.29. The van der Waals surface area contributed by atoms with E-state index in [9.17, 15) is 9.59 Å². The first-order chi connectivity index (χ1) is 16.6. The highest BCUT2D eigenvalue weighted by atomic mass is 32.2. The number of aromatic nitrogens is 5. The fourth-order valence-electron chi connectivity index (χ4n) is 3.56. The van der Waals surface area contributed by atoms with Gasteiger partial charge < -0.3 is 9.73 Å². The van der Waals surface area contributed by atoms with Crippen LogP contribution in [0, 0.1) is 6.92 Å². The number of nitrogens with one attached hydrogen (secondary N) is 1. The number of hydrogen-bond acceptors (Lipinski definition) is 7. The number of rotatable bonds is 8. The maximum Gasteiger partial charge on any atom is 0.264 e. The van der Waals surface area contributed by atoms with Crippen molar-refractivity contribution in [3.05, 3.63) is 82.5 Å². The van der Waals surface area contributed by atoms with E-state index < -0.39 is 0 Å². The lowest BCUT2D eigenvalue weighted by Gasteiger charge is -2.07. The smallest absolute Gasteiger partial charge is 0.264 e. The summed E-state index contributed by atoms with van der Waals surface area (Å²) in [6.07, 6.45) is 3.07. The van der Waals surface area contributed by atoms with Crippen molar-refractivity contribution in [1.82, 2.24) is 29.6 Å². The van der Waals surface area contributed by atoms with Gasteiger partial charge in [0.1, 0.15) is 17.2 Å². The summed E-state index contributed by atoms with van der Waals surface area (Å²) in [4.78, 5) is 33.9. The maximum absolute atomic E-state index is 12.9. The number of hydrogen-bond donors (Lipinski definition) is 1. The fourth-order valence-corrected chi connectivity index (χ4v) is 4.22. The molecule has 0 unspecified atom stereocenters. The second-order valence-corrected chi connectivity index (χ2v) is 8.78. The van der Waals surface area contributed by atoms with Gasteiger partial charge in [-0.05, 0) is 24.6 Å². The van der Waals surface area contributed by atoms with Crippen LogP contribution in [0.5, 0.6) is 0 Å². The molecular formula is C24H22N6O3S. The maximum atomic E-state index is 12.9. The van der Waals surface area contributed by atoms with E-state index in [0.717, 1.165) is 11.1 Å². The molecule has 3 heterocycles. The van der Waals surface area contributed by atoms with E-state index in [2.05, 4.69) is 20.4 Å². The first-order valence-electron chi connectivity index (χ1n) is 10.8. The van der Waals surface area contributed by atoms with Crippen LogP contribution in [-0.2, 0) is 17.9 Å². The number of oxazole rings is 1. The van der Waals surface area contributed by atoms with E-state index in [1.54, 1.807) is 9.25 Å². The van der Waals surface area contributed by atoms with Crippen LogP contribution in [0.1, 0.15) is 11.1 Å². The number of thioether (sulfide) groups is 1. The normalized spacial score (nSPS) is 11.3. The Hall–Kier alpha value is -3.92. The third-order valence-electron chi connectivity index (χ3n) is 5.34. The molecule has 0 radical (unpaired) electrons. The average molecular weight is 475 g/mol. The minimum absolute atomic E-state index is 0.142. The molecule has 2 aromatic carbocycles. The Morgan fingerprint density at radius 3 is 2.79 bits per heavy atom. The molecule has 0 bridgehead atoms. The van der Waals surface area contributed by atoms with Crippen LogP contribution in [-0.4, -0.2) is 42.5 Å². The number of carbonyl (C=O) groups excluding carboxylic acids is 1. The third-order valence-corrected chi connectivity index (χ3v) is 6.17. The zero-order valence-electron chi connectivity index (χ0n) is 18.5. The quantitative estimate of drug-likeness (QED) is 0.345.